The monoisotopic (exact) mass is 406 g/mol. The van der Waals surface area contributed by atoms with E-state index in [1.807, 2.05) is 45.9 Å². The van der Waals surface area contributed by atoms with Gasteiger partial charge in [-0.1, -0.05) is 30.0 Å². The molecular weight excluding hydrogens is 379 g/mol. The number of hydrogen-bond donors (Lipinski definition) is 0. The van der Waals surface area contributed by atoms with Crippen molar-refractivity contribution in [3.8, 4) is 5.75 Å². The minimum absolute atomic E-state index is 0.0361. The summed E-state index contributed by atoms with van der Waals surface area (Å²) < 4.78 is 22.2. The van der Waals surface area contributed by atoms with Crippen LogP contribution in [0.3, 0.4) is 0 Å². The van der Waals surface area contributed by atoms with Crippen LogP contribution in [0.25, 0.3) is 6.08 Å². The van der Waals surface area contributed by atoms with Crippen LogP contribution in [-0.4, -0.2) is 48.9 Å². The average Bonchev–Trinajstić information content (AvgIpc) is 2.84. The highest BCUT2D eigenvalue weighted by Crippen LogP contribution is 2.39. The number of methoxy groups -OCH3 is 1. The van der Waals surface area contributed by atoms with Gasteiger partial charge in [0.15, 0.2) is 11.7 Å². The number of rotatable bonds is 7. The van der Waals surface area contributed by atoms with Gasteiger partial charge in [-0.25, -0.2) is 4.79 Å². The highest BCUT2D eigenvalue weighted by Gasteiger charge is 2.52. The second-order valence-corrected chi connectivity index (χ2v) is 8.67. The Balaban J connectivity index is 2.18. The summed E-state index contributed by atoms with van der Waals surface area (Å²) in [7, 11) is 0.794. The van der Waals surface area contributed by atoms with Crippen molar-refractivity contribution in [1.29, 1.82) is 0 Å². The molecule has 0 atom stereocenters. The third kappa shape index (κ3) is 5.86. The number of esters is 1. The molecule has 0 unspecified atom stereocenters. The Morgan fingerprint density at radius 2 is 1.68 bits per heavy atom. The Morgan fingerprint density at radius 3 is 2.18 bits per heavy atom. The minimum atomic E-state index is -0.521. The van der Waals surface area contributed by atoms with Crippen LogP contribution in [0.1, 0.15) is 40.2 Å². The molecule has 0 radical (unpaired) electrons. The fourth-order valence-corrected chi connectivity index (χ4v) is 3.02. The maximum atomic E-state index is 11.5. The second-order valence-electron chi connectivity index (χ2n) is 7.52. The van der Waals surface area contributed by atoms with Crippen molar-refractivity contribution in [2.45, 2.75) is 45.8 Å². The zero-order chi connectivity index (χ0) is 20.9. The standard InChI is InChI=1S/C20H27BO6S/c1-14(22)28-13-16(21-26-19(2,3)20(4,5)27-21)11-15-7-9-17(10-8-15)25-12-18(23)24-6/h7-11H,12-13H2,1-6H3. The summed E-state index contributed by atoms with van der Waals surface area (Å²) in [6.07, 6.45) is 1.96. The first-order valence-electron chi connectivity index (χ1n) is 9.03. The third-order valence-corrected chi connectivity index (χ3v) is 5.70. The van der Waals surface area contributed by atoms with E-state index in [4.69, 9.17) is 14.0 Å². The lowest BCUT2D eigenvalue weighted by Gasteiger charge is -2.32. The van der Waals surface area contributed by atoms with Gasteiger partial charge in [-0.3, -0.25) is 4.79 Å². The molecule has 0 N–H and O–H groups in total. The summed E-state index contributed by atoms with van der Waals surface area (Å²) in [5, 5.41) is 0.0361. The summed E-state index contributed by atoms with van der Waals surface area (Å²) in [6.45, 7) is 9.39. The van der Waals surface area contributed by atoms with E-state index in [1.54, 1.807) is 19.1 Å². The molecule has 1 heterocycles. The van der Waals surface area contributed by atoms with E-state index in [9.17, 15) is 9.59 Å². The molecule has 8 heteroatoms. The summed E-state index contributed by atoms with van der Waals surface area (Å²) in [6, 6.07) is 7.29. The Bertz CT molecular complexity index is 726. The van der Waals surface area contributed by atoms with Crippen molar-refractivity contribution >= 4 is 36.0 Å². The van der Waals surface area contributed by atoms with Crippen LogP contribution in [0.15, 0.2) is 29.7 Å². The van der Waals surface area contributed by atoms with E-state index in [-0.39, 0.29) is 11.7 Å². The Kier molecular flexibility index (Phi) is 7.36. The van der Waals surface area contributed by atoms with Crippen LogP contribution in [0.5, 0.6) is 5.75 Å². The van der Waals surface area contributed by atoms with Crippen LogP contribution < -0.4 is 4.74 Å². The lowest BCUT2D eigenvalue weighted by Crippen LogP contribution is -2.41. The number of ether oxygens (including phenoxy) is 2. The van der Waals surface area contributed by atoms with Gasteiger partial charge >= 0.3 is 13.1 Å². The normalized spacial score (nSPS) is 18.1. The predicted octanol–water partition coefficient (Wildman–Crippen LogP) is 3.53. The summed E-state index contributed by atoms with van der Waals surface area (Å²) >= 11 is 1.22. The molecule has 1 saturated heterocycles. The van der Waals surface area contributed by atoms with E-state index in [0.717, 1.165) is 11.0 Å². The molecule has 0 spiro atoms. The van der Waals surface area contributed by atoms with Gasteiger partial charge in [0, 0.05) is 12.7 Å². The van der Waals surface area contributed by atoms with E-state index in [1.165, 1.54) is 18.9 Å². The van der Waals surface area contributed by atoms with Crippen molar-refractivity contribution in [2.24, 2.45) is 0 Å². The van der Waals surface area contributed by atoms with E-state index in [2.05, 4.69) is 4.74 Å². The van der Waals surface area contributed by atoms with E-state index >= 15 is 0 Å². The molecule has 0 bridgehead atoms. The van der Waals surface area contributed by atoms with Crippen molar-refractivity contribution in [1.82, 2.24) is 0 Å². The first-order chi connectivity index (χ1) is 13.0. The van der Waals surface area contributed by atoms with Crippen LogP contribution in [-0.2, 0) is 23.6 Å². The van der Waals surface area contributed by atoms with Crippen molar-refractivity contribution in [3.63, 3.8) is 0 Å². The van der Waals surface area contributed by atoms with Gasteiger partial charge in [0.25, 0.3) is 0 Å². The van der Waals surface area contributed by atoms with Crippen molar-refractivity contribution in [3.05, 3.63) is 35.3 Å². The maximum Gasteiger partial charge on any atom is 0.491 e. The molecule has 152 valence electrons. The number of carbonyl (C=O) groups is 2. The van der Waals surface area contributed by atoms with Crippen LogP contribution >= 0.6 is 11.8 Å². The quantitative estimate of drug-likeness (QED) is 0.507. The van der Waals surface area contributed by atoms with Crippen LogP contribution in [0.2, 0.25) is 0 Å². The fourth-order valence-electron chi connectivity index (χ4n) is 2.43. The molecule has 0 aromatic heterocycles. The van der Waals surface area contributed by atoms with Gasteiger partial charge in [-0.2, -0.15) is 0 Å². The first-order valence-corrected chi connectivity index (χ1v) is 10.0. The lowest BCUT2D eigenvalue weighted by atomic mass is 9.78. The van der Waals surface area contributed by atoms with Gasteiger partial charge in [-0.05, 0) is 50.9 Å². The number of benzene rings is 1. The number of carbonyl (C=O) groups excluding carboxylic acids is 2. The number of hydrogen-bond acceptors (Lipinski definition) is 7. The molecular formula is C20H27BO6S. The molecule has 2 rings (SSSR count). The van der Waals surface area contributed by atoms with Gasteiger partial charge in [0.05, 0.1) is 18.3 Å². The molecule has 1 aliphatic heterocycles. The van der Waals surface area contributed by atoms with E-state index in [0.29, 0.717) is 11.5 Å². The van der Waals surface area contributed by atoms with Gasteiger partial charge in [0.2, 0.25) is 0 Å². The summed E-state index contributed by atoms with van der Waals surface area (Å²) in [4.78, 5) is 22.6. The molecule has 1 aromatic rings. The molecule has 0 amide bonds. The minimum Gasteiger partial charge on any atom is -0.482 e. The van der Waals surface area contributed by atoms with Crippen molar-refractivity contribution in [2.75, 3.05) is 19.5 Å². The smallest absolute Gasteiger partial charge is 0.482 e. The summed E-state index contributed by atoms with van der Waals surface area (Å²) in [5.41, 5.74) is 0.883. The third-order valence-electron chi connectivity index (χ3n) is 4.81. The lowest BCUT2D eigenvalue weighted by molar-refractivity contribution is -0.142. The SMILES string of the molecule is COC(=O)COc1ccc(C=C(CSC(C)=O)B2OC(C)(C)C(C)(C)O2)cc1. The zero-order valence-electron chi connectivity index (χ0n) is 17.2. The zero-order valence-corrected chi connectivity index (χ0v) is 18.1. The highest BCUT2D eigenvalue weighted by molar-refractivity contribution is 8.13. The maximum absolute atomic E-state index is 11.5. The second kappa shape index (κ2) is 9.16. The van der Waals surface area contributed by atoms with Gasteiger partial charge in [-0.15, -0.1) is 0 Å². The fraction of sp³-hybridized carbons (Fsp3) is 0.500. The predicted molar refractivity (Wildman–Crippen MR) is 111 cm³/mol. The van der Waals surface area contributed by atoms with Gasteiger partial charge in [0.1, 0.15) is 5.75 Å². The topological polar surface area (TPSA) is 71.1 Å². The average molecular weight is 406 g/mol. The molecule has 0 aliphatic carbocycles. The molecule has 1 aromatic carbocycles. The molecule has 0 saturated carbocycles. The highest BCUT2D eigenvalue weighted by atomic mass is 32.2. The van der Waals surface area contributed by atoms with Crippen molar-refractivity contribution < 1.29 is 28.4 Å². The molecule has 1 aliphatic rings. The molecule has 1 fully saturated rings. The van der Waals surface area contributed by atoms with Crippen LogP contribution in [0.4, 0.5) is 0 Å². The Labute approximate surface area is 171 Å². The first kappa shape index (κ1) is 22.5. The van der Waals surface area contributed by atoms with Crippen LogP contribution in [0, 0.1) is 0 Å². The summed E-state index contributed by atoms with van der Waals surface area (Å²) in [5.74, 6) is 0.610. The van der Waals surface area contributed by atoms with Gasteiger partial charge < -0.3 is 18.8 Å². The Hall–Kier alpha value is -1.77. The number of thioether (sulfide) groups is 1. The van der Waals surface area contributed by atoms with E-state index < -0.39 is 24.3 Å². The Morgan fingerprint density at radius 1 is 1.11 bits per heavy atom. The largest absolute Gasteiger partial charge is 0.491 e. The molecule has 28 heavy (non-hydrogen) atoms. The molecule has 6 nitrogen and oxygen atoms in total.